The number of rotatable bonds is 0. The van der Waals surface area contributed by atoms with E-state index in [9.17, 15) is 0 Å². The van der Waals surface area contributed by atoms with Gasteiger partial charge in [0, 0.05) is 24.9 Å². The van der Waals surface area contributed by atoms with Gasteiger partial charge >= 0.3 is 0 Å². The SMILES string of the molecule is Clc1ccc2c(n1)CNC21CCC2(CC1)OCCO2. The molecule has 0 radical (unpaired) electrons. The van der Waals surface area contributed by atoms with E-state index in [1.54, 1.807) is 0 Å². The van der Waals surface area contributed by atoms with Gasteiger partial charge in [-0.3, -0.25) is 0 Å². The lowest BCUT2D eigenvalue weighted by Gasteiger charge is -2.42. The van der Waals surface area contributed by atoms with Gasteiger partial charge < -0.3 is 14.8 Å². The van der Waals surface area contributed by atoms with E-state index >= 15 is 0 Å². The lowest BCUT2D eigenvalue weighted by Crippen LogP contribution is -2.46. The fourth-order valence-corrected chi connectivity index (χ4v) is 3.85. The summed E-state index contributed by atoms with van der Waals surface area (Å²) in [6.07, 6.45) is 3.96. The summed E-state index contributed by atoms with van der Waals surface area (Å²) in [4.78, 5) is 4.43. The van der Waals surface area contributed by atoms with Gasteiger partial charge in [0.15, 0.2) is 5.79 Å². The van der Waals surface area contributed by atoms with Crippen molar-refractivity contribution in [3.63, 3.8) is 0 Å². The third-order valence-electron chi connectivity index (χ3n) is 4.73. The Morgan fingerprint density at radius 3 is 2.58 bits per heavy atom. The number of pyridine rings is 1. The van der Waals surface area contributed by atoms with E-state index < -0.39 is 0 Å². The molecule has 0 aromatic carbocycles. The summed E-state index contributed by atoms with van der Waals surface area (Å²) in [6.45, 7) is 2.27. The van der Waals surface area contributed by atoms with Gasteiger partial charge in [0.25, 0.3) is 0 Å². The lowest BCUT2D eigenvalue weighted by molar-refractivity contribution is -0.186. The van der Waals surface area contributed by atoms with E-state index in [4.69, 9.17) is 21.1 Å². The molecule has 3 aliphatic rings. The monoisotopic (exact) mass is 280 g/mol. The number of hydrogen-bond donors (Lipinski definition) is 1. The zero-order chi connectivity index (χ0) is 12.9. The maximum Gasteiger partial charge on any atom is 0.168 e. The summed E-state index contributed by atoms with van der Waals surface area (Å²) in [5.41, 5.74) is 2.45. The largest absolute Gasteiger partial charge is 0.348 e. The molecule has 1 saturated heterocycles. The number of aromatic nitrogens is 1. The van der Waals surface area contributed by atoms with Crippen molar-refractivity contribution in [1.29, 1.82) is 0 Å². The van der Waals surface area contributed by atoms with Crippen LogP contribution in [0, 0.1) is 0 Å². The van der Waals surface area contributed by atoms with Crippen LogP contribution in [0.5, 0.6) is 0 Å². The summed E-state index contributed by atoms with van der Waals surface area (Å²) in [7, 11) is 0. The zero-order valence-corrected chi connectivity index (χ0v) is 11.5. The van der Waals surface area contributed by atoms with Crippen molar-refractivity contribution in [2.24, 2.45) is 0 Å². The Balaban J connectivity index is 1.61. The van der Waals surface area contributed by atoms with E-state index in [2.05, 4.69) is 16.4 Å². The molecule has 1 aromatic rings. The first-order chi connectivity index (χ1) is 9.22. The number of hydrogen-bond acceptors (Lipinski definition) is 4. The van der Waals surface area contributed by atoms with Gasteiger partial charge in [-0.15, -0.1) is 0 Å². The molecule has 4 nitrogen and oxygen atoms in total. The van der Waals surface area contributed by atoms with Gasteiger partial charge in [0.1, 0.15) is 5.15 Å². The van der Waals surface area contributed by atoms with Crippen LogP contribution in [-0.4, -0.2) is 24.0 Å². The lowest BCUT2D eigenvalue weighted by atomic mass is 9.75. The average Bonchev–Trinajstić information content (AvgIpc) is 3.00. The Morgan fingerprint density at radius 1 is 1.11 bits per heavy atom. The highest BCUT2D eigenvalue weighted by molar-refractivity contribution is 6.29. The first-order valence-corrected chi connectivity index (χ1v) is 7.28. The molecular weight excluding hydrogens is 264 g/mol. The van der Waals surface area contributed by atoms with E-state index in [0.29, 0.717) is 5.15 Å². The molecule has 0 unspecified atom stereocenters. The molecule has 1 saturated carbocycles. The number of fused-ring (bicyclic) bond motifs is 2. The van der Waals surface area contributed by atoms with Gasteiger partial charge in [-0.1, -0.05) is 17.7 Å². The Morgan fingerprint density at radius 2 is 1.84 bits per heavy atom. The van der Waals surface area contributed by atoms with Gasteiger partial charge in [0.2, 0.25) is 0 Å². The Kier molecular flexibility index (Phi) is 2.64. The van der Waals surface area contributed by atoms with Gasteiger partial charge in [-0.05, 0) is 24.5 Å². The Labute approximate surface area is 117 Å². The molecule has 0 amide bonds. The second-order valence-corrected chi connectivity index (χ2v) is 6.06. The molecule has 2 spiro atoms. The molecule has 1 aromatic heterocycles. The van der Waals surface area contributed by atoms with Crippen LogP contribution in [0.2, 0.25) is 5.15 Å². The van der Waals surface area contributed by atoms with E-state index in [1.807, 2.05) is 6.07 Å². The van der Waals surface area contributed by atoms with Crippen molar-refractivity contribution in [2.75, 3.05) is 13.2 Å². The first-order valence-electron chi connectivity index (χ1n) is 6.90. The predicted molar refractivity (Wildman–Crippen MR) is 70.9 cm³/mol. The Hall–Kier alpha value is -0.680. The van der Waals surface area contributed by atoms with Crippen molar-refractivity contribution in [3.05, 3.63) is 28.5 Å². The van der Waals surface area contributed by atoms with Crippen LogP contribution in [-0.2, 0) is 21.6 Å². The number of nitrogens with one attached hydrogen (secondary N) is 1. The van der Waals surface area contributed by atoms with Crippen LogP contribution in [0.3, 0.4) is 0 Å². The molecule has 4 rings (SSSR count). The van der Waals surface area contributed by atoms with Crippen LogP contribution in [0.25, 0.3) is 0 Å². The predicted octanol–water partition coefficient (Wildman–Crippen LogP) is 2.35. The summed E-state index contributed by atoms with van der Waals surface area (Å²) in [5, 5.41) is 4.21. The molecule has 0 bridgehead atoms. The highest BCUT2D eigenvalue weighted by atomic mass is 35.5. The summed E-state index contributed by atoms with van der Waals surface area (Å²) in [5.74, 6) is -0.310. The highest BCUT2D eigenvalue weighted by Crippen LogP contribution is 2.47. The molecule has 2 fully saturated rings. The summed E-state index contributed by atoms with van der Waals surface area (Å²) in [6, 6.07) is 4.01. The molecule has 0 atom stereocenters. The second-order valence-electron chi connectivity index (χ2n) is 5.67. The molecule has 102 valence electrons. The number of nitrogens with zero attached hydrogens (tertiary/aromatic N) is 1. The van der Waals surface area contributed by atoms with Gasteiger partial charge in [0.05, 0.1) is 18.9 Å². The molecule has 5 heteroatoms. The van der Waals surface area contributed by atoms with Crippen molar-refractivity contribution < 1.29 is 9.47 Å². The quantitative estimate of drug-likeness (QED) is 0.741. The van der Waals surface area contributed by atoms with Crippen molar-refractivity contribution >= 4 is 11.6 Å². The minimum atomic E-state index is -0.310. The van der Waals surface area contributed by atoms with Crippen molar-refractivity contribution in [3.8, 4) is 0 Å². The third kappa shape index (κ3) is 1.82. The van der Waals surface area contributed by atoms with Crippen LogP contribution >= 0.6 is 11.6 Å². The topological polar surface area (TPSA) is 43.4 Å². The number of halogens is 1. The van der Waals surface area contributed by atoms with Crippen LogP contribution < -0.4 is 5.32 Å². The van der Waals surface area contributed by atoms with Gasteiger partial charge in [-0.25, -0.2) is 4.98 Å². The molecule has 2 aliphatic heterocycles. The zero-order valence-electron chi connectivity index (χ0n) is 10.7. The molecule has 1 aliphatic carbocycles. The second kappa shape index (κ2) is 4.16. The average molecular weight is 281 g/mol. The third-order valence-corrected chi connectivity index (χ3v) is 4.94. The maximum absolute atomic E-state index is 5.97. The van der Waals surface area contributed by atoms with Crippen LogP contribution in [0.4, 0.5) is 0 Å². The number of ether oxygens (including phenoxy) is 2. The maximum atomic E-state index is 5.97. The Bertz CT molecular complexity index is 504. The van der Waals surface area contributed by atoms with E-state index in [1.165, 1.54) is 5.56 Å². The van der Waals surface area contributed by atoms with Crippen molar-refractivity contribution in [2.45, 2.75) is 43.6 Å². The van der Waals surface area contributed by atoms with E-state index in [-0.39, 0.29) is 11.3 Å². The van der Waals surface area contributed by atoms with Crippen molar-refractivity contribution in [1.82, 2.24) is 10.3 Å². The first kappa shape index (κ1) is 12.1. The smallest absolute Gasteiger partial charge is 0.168 e. The van der Waals surface area contributed by atoms with E-state index in [0.717, 1.165) is 51.1 Å². The molecule has 1 N–H and O–H groups in total. The standard InChI is InChI=1S/C14H17ClN2O2/c15-12-2-1-10-11(17-12)9-16-13(10)3-5-14(6-4-13)18-7-8-19-14/h1-2,16H,3-9H2. The van der Waals surface area contributed by atoms with Crippen LogP contribution in [0.15, 0.2) is 12.1 Å². The summed E-state index contributed by atoms with van der Waals surface area (Å²) < 4.78 is 11.6. The van der Waals surface area contributed by atoms with Gasteiger partial charge in [-0.2, -0.15) is 0 Å². The molecule has 3 heterocycles. The normalized spacial score (nSPS) is 27.0. The fraction of sp³-hybridized carbons (Fsp3) is 0.643. The van der Waals surface area contributed by atoms with Crippen LogP contribution in [0.1, 0.15) is 36.9 Å². The minimum absolute atomic E-state index is 0.0491. The summed E-state index contributed by atoms with van der Waals surface area (Å²) >= 11 is 5.97. The fourth-order valence-electron chi connectivity index (χ4n) is 3.68. The highest BCUT2D eigenvalue weighted by Gasteiger charge is 2.49. The molecule has 19 heavy (non-hydrogen) atoms. The molecular formula is C14H17ClN2O2. The minimum Gasteiger partial charge on any atom is -0.348 e.